The molecule has 2 saturated heterocycles. The van der Waals surface area contributed by atoms with Crippen molar-refractivity contribution in [1.29, 1.82) is 0 Å². The van der Waals surface area contributed by atoms with Crippen LogP contribution in [0.15, 0.2) is 48.9 Å². The largest absolute Gasteiger partial charge is 0.379 e. The number of nitrogens with one attached hydrogen (secondary N) is 2. The van der Waals surface area contributed by atoms with E-state index in [0.29, 0.717) is 49.5 Å². The zero-order valence-electron chi connectivity index (χ0n) is 20.5. The van der Waals surface area contributed by atoms with Crippen LogP contribution in [0.4, 0.5) is 20.4 Å². The summed E-state index contributed by atoms with van der Waals surface area (Å²) in [5, 5.41) is 7.34. The Balaban J connectivity index is 1.23. The molecule has 8 nitrogen and oxygen atoms in total. The number of piperidine rings is 1. The molecule has 3 aromatic heterocycles. The number of anilines is 2. The molecule has 2 aliphatic rings. The van der Waals surface area contributed by atoms with E-state index in [1.807, 2.05) is 23.1 Å². The smallest absolute Gasteiger partial charge is 0.229 e. The van der Waals surface area contributed by atoms with Gasteiger partial charge in [0.15, 0.2) is 0 Å². The minimum absolute atomic E-state index is 0.0690. The second kappa shape index (κ2) is 10.5. The van der Waals surface area contributed by atoms with E-state index in [1.165, 1.54) is 12.1 Å². The van der Waals surface area contributed by atoms with Crippen molar-refractivity contribution in [3.63, 3.8) is 0 Å². The second-order valence-corrected chi connectivity index (χ2v) is 9.56. The van der Waals surface area contributed by atoms with Crippen LogP contribution in [0.1, 0.15) is 30.0 Å². The average Bonchev–Trinajstić information content (AvgIpc) is 3.35. The molecule has 5 heterocycles. The highest BCUT2D eigenvalue weighted by Gasteiger charge is 2.19. The van der Waals surface area contributed by atoms with Gasteiger partial charge in [-0.05, 0) is 56.3 Å². The molecule has 10 heteroatoms. The average molecular weight is 506 g/mol. The van der Waals surface area contributed by atoms with Gasteiger partial charge in [-0.3, -0.25) is 9.88 Å². The van der Waals surface area contributed by atoms with Crippen LogP contribution >= 0.6 is 0 Å². The maximum Gasteiger partial charge on any atom is 0.229 e. The molecule has 0 spiro atoms. The number of benzene rings is 1. The van der Waals surface area contributed by atoms with E-state index >= 15 is 8.78 Å². The molecule has 1 aromatic carbocycles. The summed E-state index contributed by atoms with van der Waals surface area (Å²) in [6.07, 6.45) is 7.41. The van der Waals surface area contributed by atoms with E-state index in [9.17, 15) is 0 Å². The standard InChI is InChI=1S/C27H29F2N7O/c28-23-13-21(14-24(29)22(23)17-35-9-11-37-12-10-35)36-8-5-19-15-32-27(34-26(19)36)33-20-1-2-25(31-16-20)18-3-6-30-7-4-18/h1-2,5,8,13-16,18,30H,3-4,6-7,9-12,17H2,(H,32,33,34). The third-order valence-electron chi connectivity index (χ3n) is 7.12. The summed E-state index contributed by atoms with van der Waals surface area (Å²) in [6.45, 7) is 4.72. The first-order valence-corrected chi connectivity index (χ1v) is 12.7. The second-order valence-electron chi connectivity index (χ2n) is 9.56. The number of nitrogens with zero attached hydrogens (tertiary/aromatic N) is 5. The Bertz CT molecular complexity index is 1360. The van der Waals surface area contributed by atoms with Gasteiger partial charge in [0, 0.05) is 54.6 Å². The van der Waals surface area contributed by atoms with Crippen molar-refractivity contribution in [3.8, 4) is 5.69 Å². The lowest BCUT2D eigenvalue weighted by Gasteiger charge is -2.27. The fourth-order valence-corrected chi connectivity index (χ4v) is 5.02. The third kappa shape index (κ3) is 5.18. The lowest BCUT2D eigenvalue weighted by Crippen LogP contribution is -2.36. The van der Waals surface area contributed by atoms with Crippen molar-refractivity contribution in [3.05, 3.63) is 71.8 Å². The Kier molecular flexibility index (Phi) is 6.77. The fraction of sp³-hybridized carbons (Fsp3) is 0.370. The molecule has 6 rings (SSSR count). The predicted octanol–water partition coefficient (Wildman–Crippen LogP) is 4.14. The Labute approximate surface area is 213 Å². The Morgan fingerprint density at radius 3 is 2.51 bits per heavy atom. The van der Waals surface area contributed by atoms with E-state index in [4.69, 9.17) is 4.74 Å². The minimum atomic E-state index is -0.573. The number of rotatable bonds is 6. The van der Waals surface area contributed by atoms with Gasteiger partial charge in [-0.15, -0.1) is 0 Å². The van der Waals surface area contributed by atoms with E-state index in [2.05, 4.69) is 25.6 Å². The zero-order chi connectivity index (χ0) is 25.2. The molecular weight excluding hydrogens is 476 g/mol. The monoisotopic (exact) mass is 505 g/mol. The summed E-state index contributed by atoms with van der Waals surface area (Å²) in [5.74, 6) is -0.285. The Morgan fingerprint density at radius 2 is 1.78 bits per heavy atom. The predicted molar refractivity (Wildman–Crippen MR) is 137 cm³/mol. The fourth-order valence-electron chi connectivity index (χ4n) is 5.02. The number of pyridine rings is 1. The van der Waals surface area contributed by atoms with Gasteiger partial charge in [-0.2, -0.15) is 4.98 Å². The van der Waals surface area contributed by atoms with Crippen LogP contribution in [0.5, 0.6) is 0 Å². The molecule has 0 bridgehead atoms. The number of fused-ring (bicyclic) bond motifs is 1. The van der Waals surface area contributed by atoms with Crippen LogP contribution in [0, 0.1) is 11.6 Å². The molecule has 2 aliphatic heterocycles. The first kappa shape index (κ1) is 23.9. The van der Waals surface area contributed by atoms with Crippen LogP contribution in [0.2, 0.25) is 0 Å². The molecule has 37 heavy (non-hydrogen) atoms. The number of morpholine rings is 1. The van der Waals surface area contributed by atoms with E-state index in [0.717, 1.165) is 42.7 Å². The maximum absolute atomic E-state index is 15.0. The van der Waals surface area contributed by atoms with Crippen LogP contribution in [0.3, 0.4) is 0 Å². The molecule has 0 radical (unpaired) electrons. The van der Waals surface area contributed by atoms with Gasteiger partial charge in [0.1, 0.15) is 17.3 Å². The summed E-state index contributed by atoms with van der Waals surface area (Å²) in [4.78, 5) is 15.7. The van der Waals surface area contributed by atoms with Gasteiger partial charge in [0.2, 0.25) is 5.95 Å². The molecule has 0 saturated carbocycles. The zero-order valence-corrected chi connectivity index (χ0v) is 20.5. The molecule has 2 fully saturated rings. The summed E-state index contributed by atoms with van der Waals surface area (Å²) >= 11 is 0. The molecule has 0 unspecified atom stereocenters. The van der Waals surface area contributed by atoms with Crippen molar-refractivity contribution in [2.45, 2.75) is 25.3 Å². The summed E-state index contributed by atoms with van der Waals surface area (Å²) in [7, 11) is 0. The first-order valence-electron chi connectivity index (χ1n) is 12.7. The normalized spacial score (nSPS) is 17.4. The number of hydrogen-bond donors (Lipinski definition) is 2. The van der Waals surface area contributed by atoms with Gasteiger partial charge in [0.05, 0.1) is 30.8 Å². The maximum atomic E-state index is 15.0. The highest BCUT2D eigenvalue weighted by atomic mass is 19.1. The Hall–Kier alpha value is -3.47. The van der Waals surface area contributed by atoms with Crippen molar-refractivity contribution < 1.29 is 13.5 Å². The molecular formula is C27H29F2N7O. The topological polar surface area (TPSA) is 80.1 Å². The van der Waals surface area contributed by atoms with Crippen LogP contribution in [-0.2, 0) is 11.3 Å². The van der Waals surface area contributed by atoms with Gasteiger partial charge in [0.25, 0.3) is 0 Å². The van der Waals surface area contributed by atoms with Gasteiger partial charge >= 0.3 is 0 Å². The lowest BCUT2D eigenvalue weighted by atomic mass is 9.94. The highest BCUT2D eigenvalue weighted by molar-refractivity contribution is 5.78. The van der Waals surface area contributed by atoms with Crippen molar-refractivity contribution in [2.24, 2.45) is 0 Å². The van der Waals surface area contributed by atoms with Gasteiger partial charge in [-0.25, -0.2) is 13.8 Å². The van der Waals surface area contributed by atoms with Crippen LogP contribution in [0.25, 0.3) is 16.7 Å². The third-order valence-corrected chi connectivity index (χ3v) is 7.12. The molecule has 4 aromatic rings. The first-order chi connectivity index (χ1) is 18.1. The minimum Gasteiger partial charge on any atom is -0.379 e. The summed E-state index contributed by atoms with van der Waals surface area (Å²) in [6, 6.07) is 8.57. The molecule has 192 valence electrons. The number of hydrogen-bond acceptors (Lipinski definition) is 7. The quantitative estimate of drug-likeness (QED) is 0.408. The number of ether oxygens (including phenoxy) is 1. The summed E-state index contributed by atoms with van der Waals surface area (Å²) in [5.41, 5.74) is 2.86. The molecule has 0 aliphatic carbocycles. The van der Waals surface area contributed by atoms with Gasteiger partial charge < -0.3 is 19.9 Å². The van der Waals surface area contributed by atoms with E-state index < -0.39 is 11.6 Å². The number of aromatic nitrogens is 4. The van der Waals surface area contributed by atoms with Crippen LogP contribution in [-0.4, -0.2) is 63.8 Å². The van der Waals surface area contributed by atoms with Crippen molar-refractivity contribution in [1.82, 2.24) is 29.7 Å². The van der Waals surface area contributed by atoms with Crippen LogP contribution < -0.4 is 10.6 Å². The van der Waals surface area contributed by atoms with Crippen molar-refractivity contribution >= 4 is 22.7 Å². The molecule has 2 N–H and O–H groups in total. The van der Waals surface area contributed by atoms with E-state index in [1.54, 1.807) is 23.2 Å². The Morgan fingerprint density at radius 1 is 1.00 bits per heavy atom. The number of halogens is 2. The van der Waals surface area contributed by atoms with E-state index in [-0.39, 0.29) is 12.1 Å². The summed E-state index contributed by atoms with van der Waals surface area (Å²) < 4.78 is 37.1. The van der Waals surface area contributed by atoms with Crippen molar-refractivity contribution in [2.75, 3.05) is 44.7 Å². The SMILES string of the molecule is Fc1cc(-n2ccc3cnc(Nc4ccc(C5CCNCC5)nc4)nc32)cc(F)c1CN1CCOCC1. The van der Waals surface area contributed by atoms with Gasteiger partial charge in [-0.1, -0.05) is 0 Å². The highest BCUT2D eigenvalue weighted by Crippen LogP contribution is 2.27. The lowest BCUT2D eigenvalue weighted by molar-refractivity contribution is 0.0332. The molecule has 0 amide bonds. The molecule has 0 atom stereocenters.